The highest BCUT2D eigenvalue weighted by Gasteiger charge is 2.11. The van der Waals surface area contributed by atoms with Crippen LogP contribution in [0.2, 0.25) is 0 Å². The monoisotopic (exact) mass is 383 g/mol. The second kappa shape index (κ2) is 8.74. The maximum Gasteiger partial charge on any atom is 0.156 e. The first kappa shape index (κ1) is 18.9. The van der Waals surface area contributed by atoms with Gasteiger partial charge in [0.2, 0.25) is 0 Å². The van der Waals surface area contributed by atoms with E-state index in [4.69, 9.17) is 4.74 Å². The number of ether oxygens (including phenoxy) is 1. The smallest absolute Gasteiger partial charge is 0.156 e. The summed E-state index contributed by atoms with van der Waals surface area (Å²) in [6.07, 6.45) is 2.25. The van der Waals surface area contributed by atoms with E-state index in [1.54, 1.807) is 7.11 Å². The van der Waals surface area contributed by atoms with Crippen LogP contribution in [0.25, 0.3) is 22.0 Å². The van der Waals surface area contributed by atoms with E-state index < -0.39 is 0 Å². The van der Waals surface area contributed by atoms with Gasteiger partial charge in [0, 0.05) is 22.9 Å². The van der Waals surface area contributed by atoms with Gasteiger partial charge in [-0.25, -0.2) is 0 Å². The molecule has 0 aliphatic rings. The van der Waals surface area contributed by atoms with Crippen LogP contribution in [0.1, 0.15) is 24.5 Å². The van der Waals surface area contributed by atoms with E-state index in [0.29, 0.717) is 6.54 Å². The topological polar surface area (TPSA) is 47.0 Å². The minimum atomic E-state index is 0.674. The number of benzene rings is 3. The van der Waals surface area contributed by atoms with Crippen LogP contribution in [0.4, 0.5) is 5.82 Å². The largest absolute Gasteiger partial charge is 0.497 e. The van der Waals surface area contributed by atoms with Gasteiger partial charge in [-0.1, -0.05) is 74.0 Å². The zero-order valence-electron chi connectivity index (χ0n) is 16.9. The molecule has 4 nitrogen and oxygen atoms in total. The molecule has 0 aliphatic carbocycles. The molecule has 1 heterocycles. The Balaban J connectivity index is 1.62. The van der Waals surface area contributed by atoms with Crippen LogP contribution in [0, 0.1) is 0 Å². The number of hydrogen-bond donors (Lipinski definition) is 1. The van der Waals surface area contributed by atoms with Crippen molar-refractivity contribution in [3.05, 3.63) is 83.9 Å². The third-order valence-electron chi connectivity index (χ3n) is 5.07. The number of nitrogens with zero attached hydrogens (tertiary/aromatic N) is 2. The Hall–Kier alpha value is -3.40. The summed E-state index contributed by atoms with van der Waals surface area (Å²) in [5.41, 5.74) is 4.52. The fourth-order valence-corrected chi connectivity index (χ4v) is 3.49. The van der Waals surface area contributed by atoms with Gasteiger partial charge in [0.1, 0.15) is 11.4 Å². The Bertz CT molecular complexity index is 1090. The van der Waals surface area contributed by atoms with E-state index in [1.165, 1.54) is 5.56 Å². The first-order valence-corrected chi connectivity index (χ1v) is 10.00. The predicted molar refractivity (Wildman–Crippen MR) is 119 cm³/mol. The molecule has 0 spiro atoms. The van der Waals surface area contributed by atoms with Gasteiger partial charge in [-0.2, -0.15) is 0 Å². The lowest BCUT2D eigenvalue weighted by atomic mass is 10.0. The maximum atomic E-state index is 5.22. The first-order chi connectivity index (χ1) is 14.3. The van der Waals surface area contributed by atoms with E-state index in [2.05, 4.69) is 58.8 Å². The molecule has 1 aromatic heterocycles. The third kappa shape index (κ3) is 4.21. The first-order valence-electron chi connectivity index (χ1n) is 10.00. The van der Waals surface area contributed by atoms with Crippen molar-refractivity contribution >= 4 is 16.6 Å². The second-order valence-corrected chi connectivity index (χ2v) is 7.09. The van der Waals surface area contributed by atoms with Crippen LogP contribution < -0.4 is 10.1 Å². The SMILES string of the molecule is CCCc1ccc(-c2nnc(NCc3ccc(OC)cc3)c3ccccc23)cc1. The van der Waals surface area contributed by atoms with Gasteiger partial charge in [-0.3, -0.25) is 0 Å². The quantitative estimate of drug-likeness (QED) is 0.433. The van der Waals surface area contributed by atoms with Crippen molar-refractivity contribution < 1.29 is 4.74 Å². The molecule has 1 N–H and O–H groups in total. The zero-order chi connectivity index (χ0) is 20.1. The average Bonchev–Trinajstić information content (AvgIpc) is 2.78. The molecule has 29 heavy (non-hydrogen) atoms. The molecular weight excluding hydrogens is 358 g/mol. The van der Waals surface area contributed by atoms with Crippen molar-refractivity contribution in [2.45, 2.75) is 26.3 Å². The molecule has 0 saturated carbocycles. The number of nitrogens with one attached hydrogen (secondary N) is 1. The van der Waals surface area contributed by atoms with E-state index in [9.17, 15) is 0 Å². The number of rotatable bonds is 7. The number of fused-ring (bicyclic) bond motifs is 1. The molecule has 0 radical (unpaired) electrons. The number of aromatic nitrogens is 2. The summed E-state index contributed by atoms with van der Waals surface area (Å²) >= 11 is 0. The van der Waals surface area contributed by atoms with Crippen molar-refractivity contribution in [3.63, 3.8) is 0 Å². The lowest BCUT2D eigenvalue weighted by Crippen LogP contribution is -2.04. The molecule has 0 bridgehead atoms. The van der Waals surface area contributed by atoms with Crippen LogP contribution in [0.3, 0.4) is 0 Å². The maximum absolute atomic E-state index is 5.22. The fourth-order valence-electron chi connectivity index (χ4n) is 3.49. The molecule has 146 valence electrons. The summed E-state index contributed by atoms with van der Waals surface area (Å²) in [6.45, 7) is 2.87. The third-order valence-corrected chi connectivity index (χ3v) is 5.07. The van der Waals surface area contributed by atoms with Gasteiger partial charge < -0.3 is 10.1 Å². The fraction of sp³-hybridized carbons (Fsp3) is 0.200. The summed E-state index contributed by atoms with van der Waals surface area (Å²) in [5, 5.41) is 14.7. The van der Waals surface area contributed by atoms with Gasteiger partial charge in [0.25, 0.3) is 0 Å². The Morgan fingerprint density at radius 1 is 0.793 bits per heavy atom. The zero-order valence-corrected chi connectivity index (χ0v) is 16.9. The normalized spacial score (nSPS) is 10.8. The van der Waals surface area contributed by atoms with Crippen molar-refractivity contribution in [2.75, 3.05) is 12.4 Å². The predicted octanol–water partition coefficient (Wildman–Crippen LogP) is 5.87. The van der Waals surface area contributed by atoms with Crippen molar-refractivity contribution in [1.29, 1.82) is 0 Å². The minimum absolute atomic E-state index is 0.674. The lowest BCUT2D eigenvalue weighted by molar-refractivity contribution is 0.414. The minimum Gasteiger partial charge on any atom is -0.497 e. The molecule has 3 aromatic carbocycles. The molecule has 4 rings (SSSR count). The van der Waals surface area contributed by atoms with Gasteiger partial charge in [0.15, 0.2) is 5.82 Å². The number of hydrogen-bond acceptors (Lipinski definition) is 4. The van der Waals surface area contributed by atoms with Crippen LogP contribution in [-0.2, 0) is 13.0 Å². The molecule has 0 unspecified atom stereocenters. The summed E-state index contributed by atoms with van der Waals surface area (Å²) < 4.78 is 5.22. The van der Waals surface area contributed by atoms with E-state index in [-0.39, 0.29) is 0 Å². The Labute approximate surface area is 171 Å². The van der Waals surface area contributed by atoms with Crippen molar-refractivity contribution in [3.8, 4) is 17.0 Å². The van der Waals surface area contributed by atoms with Crippen LogP contribution in [0.15, 0.2) is 72.8 Å². The highest BCUT2D eigenvalue weighted by Crippen LogP contribution is 2.30. The second-order valence-electron chi connectivity index (χ2n) is 7.09. The highest BCUT2D eigenvalue weighted by molar-refractivity contribution is 6.00. The number of methoxy groups -OCH3 is 1. The van der Waals surface area contributed by atoms with E-state index >= 15 is 0 Å². The molecule has 0 amide bonds. The van der Waals surface area contributed by atoms with Crippen LogP contribution in [0.5, 0.6) is 5.75 Å². The van der Waals surface area contributed by atoms with Gasteiger partial charge in [-0.15, -0.1) is 10.2 Å². The number of anilines is 1. The van der Waals surface area contributed by atoms with Crippen LogP contribution in [-0.4, -0.2) is 17.3 Å². The summed E-state index contributed by atoms with van der Waals surface area (Å²) in [5.74, 6) is 1.65. The molecular formula is C25H25N3O. The van der Waals surface area contributed by atoms with Crippen molar-refractivity contribution in [1.82, 2.24) is 10.2 Å². The molecule has 4 heteroatoms. The van der Waals surface area contributed by atoms with Crippen LogP contribution >= 0.6 is 0 Å². The highest BCUT2D eigenvalue weighted by atomic mass is 16.5. The molecule has 0 aliphatic heterocycles. The van der Waals surface area contributed by atoms with Gasteiger partial charge in [0.05, 0.1) is 7.11 Å². The van der Waals surface area contributed by atoms with Gasteiger partial charge >= 0.3 is 0 Å². The van der Waals surface area contributed by atoms with E-state index in [1.807, 2.05) is 36.4 Å². The van der Waals surface area contributed by atoms with Gasteiger partial charge in [-0.05, 0) is 29.7 Å². The average molecular weight is 383 g/mol. The van der Waals surface area contributed by atoms with E-state index in [0.717, 1.165) is 52.0 Å². The van der Waals surface area contributed by atoms with Crippen molar-refractivity contribution in [2.24, 2.45) is 0 Å². The lowest BCUT2D eigenvalue weighted by Gasteiger charge is -2.12. The standard InChI is InChI=1S/C25H25N3O/c1-3-6-18-9-13-20(14-10-18)24-22-7-4-5-8-23(22)25(28-27-24)26-17-19-11-15-21(29-2)16-12-19/h4-5,7-16H,3,6,17H2,1-2H3,(H,26,28). The Morgan fingerprint density at radius 2 is 1.48 bits per heavy atom. The summed E-state index contributed by atoms with van der Waals surface area (Å²) in [4.78, 5) is 0. The molecule has 4 aromatic rings. The summed E-state index contributed by atoms with van der Waals surface area (Å²) in [7, 11) is 1.67. The molecule has 0 fully saturated rings. The molecule has 0 atom stereocenters. The Morgan fingerprint density at radius 3 is 2.17 bits per heavy atom. The number of aryl methyl sites for hydroxylation is 1. The Kier molecular flexibility index (Phi) is 5.71. The molecule has 0 saturated heterocycles. The summed E-state index contributed by atoms with van der Waals surface area (Å²) in [6, 6.07) is 25.0.